The molecule has 1 N–H and O–H groups in total. The lowest BCUT2D eigenvalue weighted by Crippen LogP contribution is -2.48. The minimum absolute atomic E-state index is 0.307. The smallest absolute Gasteiger partial charge is 0.0900 e. The highest BCUT2D eigenvalue weighted by atomic mass is 16.5. The van der Waals surface area contributed by atoms with Gasteiger partial charge in [-0.2, -0.15) is 0 Å². The van der Waals surface area contributed by atoms with Crippen molar-refractivity contribution in [3.8, 4) is 0 Å². The molecule has 1 aromatic rings. The summed E-state index contributed by atoms with van der Waals surface area (Å²) in [7, 11) is 0. The van der Waals surface area contributed by atoms with Crippen LogP contribution in [0, 0.1) is 11.3 Å². The third-order valence-electron chi connectivity index (χ3n) is 6.05. The molecule has 27 heavy (non-hydrogen) atoms. The highest BCUT2D eigenvalue weighted by molar-refractivity contribution is 5.14. The summed E-state index contributed by atoms with van der Waals surface area (Å²) in [6.45, 7) is 13.4. The van der Waals surface area contributed by atoms with Crippen LogP contribution in [0.5, 0.6) is 0 Å². The first kappa shape index (κ1) is 20.8. The van der Waals surface area contributed by atoms with Crippen molar-refractivity contribution in [3.63, 3.8) is 0 Å². The SMILES string of the molecule is C[C@@H]1C[C@H](OC[C@H](O)CN2CCN(Cc3ccccc3)CC2)CC(C)(C)C1. The molecule has 0 amide bonds. The van der Waals surface area contributed by atoms with Gasteiger partial charge in [0.1, 0.15) is 0 Å². The van der Waals surface area contributed by atoms with Gasteiger partial charge in [-0.3, -0.25) is 9.80 Å². The molecule has 1 aliphatic heterocycles. The molecular formula is C23H38N2O2. The minimum atomic E-state index is -0.383. The zero-order chi connectivity index (χ0) is 19.3. The Morgan fingerprint density at radius 1 is 1.07 bits per heavy atom. The summed E-state index contributed by atoms with van der Waals surface area (Å²) in [4.78, 5) is 4.88. The Kier molecular flexibility index (Phi) is 7.32. The molecule has 4 heteroatoms. The Bertz CT molecular complexity index is 555. The highest BCUT2D eigenvalue weighted by Crippen LogP contribution is 2.39. The number of hydrogen-bond acceptors (Lipinski definition) is 4. The minimum Gasteiger partial charge on any atom is -0.389 e. The van der Waals surface area contributed by atoms with Crippen LogP contribution in [0.1, 0.15) is 45.6 Å². The molecule has 1 aliphatic carbocycles. The van der Waals surface area contributed by atoms with Crippen molar-refractivity contribution < 1.29 is 9.84 Å². The van der Waals surface area contributed by atoms with Crippen molar-refractivity contribution in [2.24, 2.45) is 11.3 Å². The van der Waals surface area contributed by atoms with Gasteiger partial charge in [-0.1, -0.05) is 51.1 Å². The Morgan fingerprint density at radius 2 is 1.74 bits per heavy atom. The van der Waals surface area contributed by atoms with E-state index in [1.165, 1.54) is 12.0 Å². The van der Waals surface area contributed by atoms with Crippen LogP contribution in [0.25, 0.3) is 0 Å². The third kappa shape index (κ3) is 6.86. The van der Waals surface area contributed by atoms with E-state index in [1.807, 2.05) is 0 Å². The first-order chi connectivity index (χ1) is 12.9. The molecule has 1 aromatic carbocycles. The van der Waals surface area contributed by atoms with E-state index in [2.05, 4.69) is 60.9 Å². The predicted octanol–water partition coefficient (Wildman–Crippen LogP) is 3.40. The fourth-order valence-corrected chi connectivity index (χ4v) is 4.95. The van der Waals surface area contributed by atoms with Crippen molar-refractivity contribution >= 4 is 0 Å². The van der Waals surface area contributed by atoms with Crippen LogP contribution >= 0.6 is 0 Å². The first-order valence-corrected chi connectivity index (χ1v) is 10.7. The van der Waals surface area contributed by atoms with E-state index in [9.17, 15) is 5.11 Å². The maximum absolute atomic E-state index is 10.4. The van der Waals surface area contributed by atoms with Crippen LogP contribution in [0.4, 0.5) is 0 Å². The Hall–Kier alpha value is -0.940. The second kappa shape index (κ2) is 9.51. The lowest BCUT2D eigenvalue weighted by atomic mass is 9.71. The van der Waals surface area contributed by atoms with Gasteiger partial charge in [0.15, 0.2) is 0 Å². The number of aliphatic hydroxyl groups is 1. The molecule has 1 saturated carbocycles. The molecule has 152 valence electrons. The van der Waals surface area contributed by atoms with Gasteiger partial charge in [-0.05, 0) is 36.2 Å². The summed E-state index contributed by atoms with van der Waals surface area (Å²) in [6, 6.07) is 10.7. The number of nitrogens with zero attached hydrogens (tertiary/aromatic N) is 2. The van der Waals surface area contributed by atoms with E-state index >= 15 is 0 Å². The lowest BCUT2D eigenvalue weighted by molar-refractivity contribution is -0.0634. The van der Waals surface area contributed by atoms with Crippen LogP contribution in [0.3, 0.4) is 0 Å². The number of benzene rings is 1. The summed E-state index contributed by atoms with van der Waals surface area (Å²) >= 11 is 0. The summed E-state index contributed by atoms with van der Waals surface area (Å²) in [6.07, 6.45) is 3.45. The van der Waals surface area contributed by atoms with Gasteiger partial charge >= 0.3 is 0 Å². The number of rotatable bonds is 7. The second-order valence-electron chi connectivity index (χ2n) is 9.58. The zero-order valence-corrected chi connectivity index (χ0v) is 17.4. The van der Waals surface area contributed by atoms with Gasteiger partial charge in [0, 0.05) is 39.3 Å². The third-order valence-corrected chi connectivity index (χ3v) is 6.05. The summed E-state index contributed by atoms with van der Waals surface area (Å²) in [5.41, 5.74) is 1.74. The van der Waals surface area contributed by atoms with E-state index in [0.717, 1.165) is 52.1 Å². The van der Waals surface area contributed by atoms with Crippen LogP contribution in [0.2, 0.25) is 0 Å². The summed E-state index contributed by atoms with van der Waals surface area (Å²) < 4.78 is 6.11. The van der Waals surface area contributed by atoms with E-state index in [4.69, 9.17) is 4.74 Å². The maximum Gasteiger partial charge on any atom is 0.0900 e. The molecule has 2 aliphatic rings. The molecule has 0 aromatic heterocycles. The second-order valence-corrected chi connectivity index (χ2v) is 9.58. The van der Waals surface area contributed by atoms with Crippen LogP contribution < -0.4 is 0 Å². The van der Waals surface area contributed by atoms with Crippen molar-refractivity contribution in [2.45, 2.75) is 58.8 Å². The molecule has 3 rings (SSSR count). The topological polar surface area (TPSA) is 35.9 Å². The molecule has 0 unspecified atom stereocenters. The fourth-order valence-electron chi connectivity index (χ4n) is 4.95. The normalized spacial score (nSPS) is 28.1. The van der Waals surface area contributed by atoms with Gasteiger partial charge in [0.2, 0.25) is 0 Å². The van der Waals surface area contributed by atoms with Crippen molar-refractivity contribution in [1.29, 1.82) is 0 Å². The number of aliphatic hydroxyl groups excluding tert-OH is 1. The van der Waals surface area contributed by atoms with E-state index in [0.29, 0.717) is 24.0 Å². The van der Waals surface area contributed by atoms with E-state index in [1.54, 1.807) is 0 Å². The van der Waals surface area contributed by atoms with E-state index in [-0.39, 0.29) is 6.10 Å². The average molecular weight is 375 g/mol. The van der Waals surface area contributed by atoms with E-state index < -0.39 is 0 Å². The molecule has 2 fully saturated rings. The van der Waals surface area contributed by atoms with Crippen molar-refractivity contribution in [1.82, 2.24) is 9.80 Å². The molecular weight excluding hydrogens is 336 g/mol. The van der Waals surface area contributed by atoms with Gasteiger partial charge in [-0.15, -0.1) is 0 Å². The fraction of sp³-hybridized carbons (Fsp3) is 0.739. The summed E-state index contributed by atoms with van der Waals surface area (Å²) in [5, 5.41) is 10.4. The average Bonchev–Trinajstić information content (AvgIpc) is 2.61. The number of piperazine rings is 1. The highest BCUT2D eigenvalue weighted by Gasteiger charge is 2.32. The van der Waals surface area contributed by atoms with Crippen molar-refractivity contribution in [2.75, 3.05) is 39.3 Å². The predicted molar refractivity (Wildman–Crippen MR) is 111 cm³/mol. The van der Waals surface area contributed by atoms with Crippen LogP contribution in [-0.4, -0.2) is 66.4 Å². The van der Waals surface area contributed by atoms with Gasteiger partial charge in [0.05, 0.1) is 18.8 Å². The maximum atomic E-state index is 10.4. The molecule has 0 radical (unpaired) electrons. The lowest BCUT2D eigenvalue weighted by Gasteiger charge is -2.39. The number of β-amino-alcohol motifs (C(OH)–C–C–N with tert-alkyl or cyclic N) is 1. The van der Waals surface area contributed by atoms with Gasteiger partial charge in [-0.25, -0.2) is 0 Å². The number of hydrogen-bond donors (Lipinski definition) is 1. The Labute approximate surface area is 165 Å². The monoisotopic (exact) mass is 374 g/mol. The molecule has 4 nitrogen and oxygen atoms in total. The Balaban J connectivity index is 1.34. The Morgan fingerprint density at radius 3 is 2.41 bits per heavy atom. The molecule has 3 atom stereocenters. The largest absolute Gasteiger partial charge is 0.389 e. The van der Waals surface area contributed by atoms with Crippen molar-refractivity contribution in [3.05, 3.63) is 35.9 Å². The number of ether oxygens (including phenoxy) is 1. The zero-order valence-electron chi connectivity index (χ0n) is 17.4. The summed E-state index contributed by atoms with van der Waals surface area (Å²) in [5.74, 6) is 0.716. The molecule has 1 saturated heterocycles. The molecule has 1 heterocycles. The van der Waals surface area contributed by atoms with Crippen LogP contribution in [-0.2, 0) is 11.3 Å². The van der Waals surface area contributed by atoms with Gasteiger partial charge < -0.3 is 9.84 Å². The molecule has 0 bridgehead atoms. The standard InChI is InChI=1S/C23H38N2O2/c1-19-13-22(15-23(2,3)14-19)27-18-21(26)17-25-11-9-24(10-12-25)16-20-7-5-4-6-8-20/h4-8,19,21-22,26H,9-18H2,1-3H3/t19-,21-,22+/m1/s1. The quantitative estimate of drug-likeness (QED) is 0.794. The first-order valence-electron chi connectivity index (χ1n) is 10.7. The molecule has 0 spiro atoms. The van der Waals surface area contributed by atoms with Gasteiger partial charge in [0.25, 0.3) is 0 Å². The van der Waals surface area contributed by atoms with Crippen LogP contribution in [0.15, 0.2) is 30.3 Å².